The van der Waals surface area contributed by atoms with Crippen LogP contribution in [0.15, 0.2) is 4.53 Å². The molecule has 0 spiro atoms. The topological polar surface area (TPSA) is 62.0 Å². The van der Waals surface area contributed by atoms with E-state index in [1.54, 1.807) is 0 Å². The second kappa shape index (κ2) is 4.89. The highest BCUT2D eigenvalue weighted by molar-refractivity contribution is 7.47. The van der Waals surface area contributed by atoms with Crippen LogP contribution >= 0.6 is 0 Å². The van der Waals surface area contributed by atoms with E-state index >= 15 is 0 Å². The molecular formula is C3H7NO3S. The van der Waals surface area contributed by atoms with Crippen molar-refractivity contribution in [2.45, 2.75) is 6.10 Å². The zero-order valence-corrected chi connectivity index (χ0v) is 4.97. The van der Waals surface area contributed by atoms with Crippen LogP contribution in [-0.4, -0.2) is 29.5 Å². The number of nitrogens with zero attached hydrogens (tertiary/aromatic N) is 1. The third-order valence-electron chi connectivity index (χ3n) is 0.530. The normalized spacial score (nSPS) is 12.8. The van der Waals surface area contributed by atoms with Gasteiger partial charge in [-0.2, -0.15) is 0 Å². The molecule has 1 atom stereocenters. The van der Waals surface area contributed by atoms with Crippen LogP contribution in [0.1, 0.15) is 0 Å². The van der Waals surface area contributed by atoms with Crippen LogP contribution < -0.4 is 0 Å². The van der Waals surface area contributed by atoms with Gasteiger partial charge >= 0.3 is 0 Å². The summed E-state index contributed by atoms with van der Waals surface area (Å²) < 4.78 is 2.84. The first kappa shape index (κ1) is 7.74. The molecule has 5 heteroatoms. The molecule has 0 heterocycles. The van der Waals surface area contributed by atoms with Crippen molar-refractivity contribution >= 4 is 12.4 Å². The fraction of sp³-hybridized carbons (Fsp3) is 1.00. The minimum Gasteiger partial charge on any atom is -0.394 e. The smallest absolute Gasteiger partial charge is 0.146 e. The summed E-state index contributed by atoms with van der Waals surface area (Å²) in [6.07, 6.45) is -0.873. The quantitative estimate of drug-likeness (QED) is 0.488. The largest absolute Gasteiger partial charge is 0.394 e. The highest BCUT2D eigenvalue weighted by atomic mass is 32.1. The van der Waals surface area contributed by atoms with Gasteiger partial charge in [0, 0.05) is 0 Å². The first-order valence-electron chi connectivity index (χ1n) is 2.04. The highest BCUT2D eigenvalue weighted by Crippen LogP contribution is 1.81. The van der Waals surface area contributed by atoms with E-state index in [9.17, 15) is 0 Å². The van der Waals surface area contributed by atoms with Crippen molar-refractivity contribution in [2.75, 3.05) is 13.2 Å². The average molecular weight is 137 g/mol. The Bertz CT molecular complexity index is 69.5. The van der Waals surface area contributed by atoms with Gasteiger partial charge in [0.05, 0.1) is 19.0 Å². The molecule has 0 aliphatic rings. The van der Waals surface area contributed by atoms with Crippen molar-refractivity contribution < 1.29 is 15.1 Å². The standard InChI is InChI=1S/C3H7NO3S/c5-1-3(6)2-7-4-8/h3,5-6H,1-2H2. The maximum Gasteiger partial charge on any atom is 0.146 e. The average Bonchev–Trinajstić information content (AvgIpc) is 1.83. The summed E-state index contributed by atoms with van der Waals surface area (Å²) in [5.41, 5.74) is 0. The fourth-order valence-corrected chi connectivity index (χ4v) is 0.230. The Morgan fingerprint density at radius 1 is 1.75 bits per heavy atom. The van der Waals surface area contributed by atoms with Gasteiger partial charge in [0.2, 0.25) is 0 Å². The van der Waals surface area contributed by atoms with Crippen LogP contribution in [0.2, 0.25) is 0 Å². The van der Waals surface area contributed by atoms with Crippen molar-refractivity contribution in [2.24, 2.45) is 4.53 Å². The number of hydrogen-bond donors (Lipinski definition) is 2. The summed E-state index contributed by atoms with van der Waals surface area (Å²) in [7, 11) is 0. The molecule has 0 saturated heterocycles. The molecule has 0 saturated carbocycles. The minimum atomic E-state index is -0.873. The predicted molar refractivity (Wildman–Crippen MR) is 28.8 cm³/mol. The molecule has 0 aromatic carbocycles. The Morgan fingerprint density at radius 2 is 2.38 bits per heavy atom. The van der Waals surface area contributed by atoms with Crippen LogP contribution in [0, 0.1) is 0 Å². The summed E-state index contributed by atoms with van der Waals surface area (Å²) >= 11 is 4.03. The van der Waals surface area contributed by atoms with Gasteiger partial charge in [-0.25, -0.2) is 0 Å². The zero-order valence-electron chi connectivity index (χ0n) is 4.15. The second-order valence-corrected chi connectivity index (χ2v) is 1.36. The van der Waals surface area contributed by atoms with Crippen molar-refractivity contribution in [1.29, 1.82) is 0 Å². The van der Waals surface area contributed by atoms with Crippen molar-refractivity contribution in [3.05, 3.63) is 0 Å². The van der Waals surface area contributed by atoms with Crippen molar-refractivity contribution in [3.63, 3.8) is 0 Å². The molecule has 0 aromatic rings. The van der Waals surface area contributed by atoms with E-state index in [4.69, 9.17) is 10.2 Å². The van der Waals surface area contributed by atoms with E-state index in [2.05, 4.69) is 21.8 Å². The summed E-state index contributed by atoms with van der Waals surface area (Å²) in [4.78, 5) is 4.22. The lowest BCUT2D eigenvalue weighted by Gasteiger charge is -2.01. The van der Waals surface area contributed by atoms with E-state index in [0.717, 1.165) is 0 Å². The molecule has 8 heavy (non-hydrogen) atoms. The van der Waals surface area contributed by atoms with Crippen LogP contribution in [0.3, 0.4) is 0 Å². The summed E-state index contributed by atoms with van der Waals surface area (Å²) in [5, 5.41) is 16.7. The number of hydrogen-bond acceptors (Lipinski definition) is 5. The van der Waals surface area contributed by atoms with Crippen LogP contribution in [0.25, 0.3) is 0 Å². The van der Waals surface area contributed by atoms with E-state index in [1.807, 2.05) is 0 Å². The summed E-state index contributed by atoms with van der Waals surface area (Å²) in [6, 6.07) is 0. The molecule has 2 N–H and O–H groups in total. The molecule has 0 rings (SSSR count). The Balaban J connectivity index is 2.97. The second-order valence-electron chi connectivity index (χ2n) is 1.21. The summed E-state index contributed by atoms with van der Waals surface area (Å²) in [5.74, 6) is 0. The van der Waals surface area contributed by atoms with Crippen molar-refractivity contribution in [3.8, 4) is 0 Å². The molecule has 0 amide bonds. The van der Waals surface area contributed by atoms with Gasteiger partial charge in [-0.3, -0.25) is 0 Å². The highest BCUT2D eigenvalue weighted by Gasteiger charge is 1.99. The van der Waals surface area contributed by atoms with Crippen molar-refractivity contribution in [1.82, 2.24) is 0 Å². The van der Waals surface area contributed by atoms with Crippen LogP contribution in [0.4, 0.5) is 0 Å². The molecule has 48 valence electrons. The van der Waals surface area contributed by atoms with Gasteiger partial charge in [0.1, 0.15) is 12.7 Å². The third kappa shape index (κ3) is 3.91. The van der Waals surface area contributed by atoms with Gasteiger partial charge < -0.3 is 15.1 Å². The van der Waals surface area contributed by atoms with Crippen LogP contribution in [0.5, 0.6) is 0 Å². The molecule has 0 aromatic heterocycles. The first-order valence-corrected chi connectivity index (χ1v) is 2.41. The van der Waals surface area contributed by atoms with E-state index in [1.165, 1.54) is 0 Å². The number of aliphatic hydroxyl groups excluding tert-OH is 2. The molecular weight excluding hydrogens is 130 g/mol. The molecule has 1 unspecified atom stereocenters. The lowest BCUT2D eigenvalue weighted by atomic mass is 10.4. The lowest BCUT2D eigenvalue weighted by molar-refractivity contribution is 0.0107. The molecule has 4 nitrogen and oxygen atoms in total. The first-order chi connectivity index (χ1) is 3.81. The third-order valence-corrected chi connectivity index (χ3v) is 0.636. The fourth-order valence-electron chi connectivity index (χ4n) is 0.169. The molecule has 0 bridgehead atoms. The minimum absolute atomic E-state index is 0.0417. The molecule has 0 fully saturated rings. The molecule has 0 aliphatic heterocycles. The van der Waals surface area contributed by atoms with Gasteiger partial charge in [0.25, 0.3) is 0 Å². The Morgan fingerprint density at radius 3 is 2.75 bits per heavy atom. The maximum atomic E-state index is 8.51. The van der Waals surface area contributed by atoms with Gasteiger partial charge in [0.15, 0.2) is 0 Å². The number of rotatable bonds is 4. The summed E-state index contributed by atoms with van der Waals surface area (Å²) in [6.45, 7) is -0.370. The van der Waals surface area contributed by atoms with E-state index in [-0.39, 0.29) is 13.2 Å². The Labute approximate surface area is 52.2 Å². The number of aliphatic hydroxyl groups is 2. The Hall–Kier alpha value is -0.260. The SMILES string of the molecule is OCC(O)CON=S. The Kier molecular flexibility index (Phi) is 4.73. The molecule has 0 radical (unpaired) electrons. The monoisotopic (exact) mass is 137 g/mol. The zero-order chi connectivity index (χ0) is 6.41. The van der Waals surface area contributed by atoms with Gasteiger partial charge in [-0.1, -0.05) is 0 Å². The van der Waals surface area contributed by atoms with E-state index in [0.29, 0.717) is 0 Å². The van der Waals surface area contributed by atoms with Gasteiger partial charge in [-0.05, 0) is 4.53 Å². The van der Waals surface area contributed by atoms with Crippen LogP contribution in [-0.2, 0) is 17.3 Å². The molecule has 0 aliphatic carbocycles. The maximum absolute atomic E-state index is 8.51. The lowest BCUT2D eigenvalue weighted by Crippen LogP contribution is -2.17. The van der Waals surface area contributed by atoms with Gasteiger partial charge in [-0.15, -0.1) is 0 Å². The predicted octanol–water partition coefficient (Wildman–Crippen LogP) is -0.998. The van der Waals surface area contributed by atoms with E-state index < -0.39 is 6.10 Å².